The maximum absolute atomic E-state index is 12.2. The average molecular weight is 340 g/mol. The molecular weight excluding hydrogens is 330 g/mol. The number of hydrogen-bond acceptors (Lipinski definition) is 4. The summed E-state index contributed by atoms with van der Waals surface area (Å²) in [6.45, 7) is 0.00455. The summed E-state index contributed by atoms with van der Waals surface area (Å²) in [6.07, 6.45) is -5.28. The third-order valence-electron chi connectivity index (χ3n) is 2.65. The number of halogens is 5. The first-order valence-corrected chi connectivity index (χ1v) is 6.61. The number of nitrogens with two attached hydrogens (primary N) is 1. The zero-order valence-corrected chi connectivity index (χ0v) is 12.0. The lowest BCUT2D eigenvalue weighted by Crippen LogP contribution is -2.10. The number of alkyl halides is 3. The Hall–Kier alpha value is -1.54. The highest BCUT2D eigenvalue weighted by molar-refractivity contribution is 6.43. The maximum atomic E-state index is 12.2. The van der Waals surface area contributed by atoms with Crippen LogP contribution in [0.25, 0.3) is 11.4 Å². The Bertz CT molecular complexity index is 641. The second-order valence-electron chi connectivity index (χ2n) is 4.31. The first-order chi connectivity index (χ1) is 9.78. The van der Waals surface area contributed by atoms with Crippen LogP contribution >= 0.6 is 23.2 Å². The highest BCUT2D eigenvalue weighted by Crippen LogP contribution is 2.34. The quantitative estimate of drug-likeness (QED) is 0.864. The average Bonchev–Trinajstić information content (AvgIpc) is 2.80. The Kier molecular flexibility index (Phi) is 4.58. The molecule has 2 rings (SSSR count). The van der Waals surface area contributed by atoms with E-state index in [4.69, 9.17) is 28.9 Å². The molecule has 5 nitrogen and oxygen atoms in total. The largest absolute Gasteiger partial charge is 0.399 e. The molecule has 2 N–H and O–H groups in total. The molecule has 0 amide bonds. The van der Waals surface area contributed by atoms with Gasteiger partial charge in [0.2, 0.25) is 0 Å². The van der Waals surface area contributed by atoms with Crippen LogP contribution in [-0.2, 0) is 6.54 Å². The molecule has 0 aliphatic rings. The van der Waals surface area contributed by atoms with Gasteiger partial charge in [0, 0.05) is 24.2 Å². The number of anilines is 1. The van der Waals surface area contributed by atoms with Gasteiger partial charge in [-0.05, 0) is 29.0 Å². The summed E-state index contributed by atoms with van der Waals surface area (Å²) in [6, 6.07) is 2.98. The molecule has 0 unspecified atom stereocenters. The summed E-state index contributed by atoms with van der Waals surface area (Å²) in [5.41, 5.74) is 6.40. The lowest BCUT2D eigenvalue weighted by molar-refractivity contribution is -0.136. The molecule has 1 aromatic carbocycles. The Morgan fingerprint density at radius 2 is 1.95 bits per heavy atom. The Labute approximate surface area is 127 Å². The van der Waals surface area contributed by atoms with Gasteiger partial charge in [-0.25, -0.2) is 4.68 Å². The molecule has 0 bridgehead atoms. The Balaban J connectivity index is 2.25. The summed E-state index contributed by atoms with van der Waals surface area (Å²) in [5, 5.41) is 11.3. The van der Waals surface area contributed by atoms with E-state index in [0.717, 1.165) is 0 Å². The van der Waals surface area contributed by atoms with Crippen molar-refractivity contribution < 1.29 is 13.2 Å². The Morgan fingerprint density at radius 1 is 1.24 bits per heavy atom. The Morgan fingerprint density at radius 3 is 2.62 bits per heavy atom. The first kappa shape index (κ1) is 15.8. The molecular formula is C11H10Cl2F3N5. The van der Waals surface area contributed by atoms with Crippen molar-refractivity contribution in [2.24, 2.45) is 0 Å². The minimum atomic E-state index is -4.22. The monoisotopic (exact) mass is 339 g/mol. The highest BCUT2D eigenvalue weighted by atomic mass is 35.5. The summed E-state index contributed by atoms with van der Waals surface area (Å²) in [4.78, 5) is 0. The van der Waals surface area contributed by atoms with Gasteiger partial charge in [-0.3, -0.25) is 0 Å². The van der Waals surface area contributed by atoms with Crippen LogP contribution in [0.5, 0.6) is 0 Å². The van der Waals surface area contributed by atoms with Crippen LogP contribution in [0.3, 0.4) is 0 Å². The summed E-state index contributed by atoms with van der Waals surface area (Å²) in [5.74, 6) is 0.219. The molecule has 114 valence electrons. The molecule has 0 saturated heterocycles. The van der Waals surface area contributed by atoms with Crippen LogP contribution in [0.1, 0.15) is 12.8 Å². The summed E-state index contributed by atoms with van der Waals surface area (Å²) >= 11 is 12.0. The molecule has 0 spiro atoms. The number of tetrazole rings is 1. The SMILES string of the molecule is Nc1cc(Cl)c(Cl)c(-c2nnnn2CCCC(F)(F)F)c1. The number of hydrogen-bond donors (Lipinski definition) is 1. The van der Waals surface area contributed by atoms with Crippen LogP contribution in [0.4, 0.5) is 18.9 Å². The molecule has 1 aromatic heterocycles. The minimum Gasteiger partial charge on any atom is -0.399 e. The van der Waals surface area contributed by atoms with Gasteiger partial charge in [-0.15, -0.1) is 5.10 Å². The van der Waals surface area contributed by atoms with Gasteiger partial charge >= 0.3 is 6.18 Å². The van der Waals surface area contributed by atoms with Gasteiger partial charge < -0.3 is 5.73 Å². The molecule has 2 aromatic rings. The number of aromatic nitrogens is 4. The zero-order valence-electron chi connectivity index (χ0n) is 10.5. The van der Waals surface area contributed by atoms with Crippen LogP contribution in [0, 0.1) is 0 Å². The fraction of sp³-hybridized carbons (Fsp3) is 0.364. The van der Waals surface area contributed by atoms with E-state index in [1.165, 1.54) is 16.8 Å². The fourth-order valence-corrected chi connectivity index (χ4v) is 2.17. The maximum Gasteiger partial charge on any atom is 0.389 e. The van der Waals surface area contributed by atoms with E-state index in [9.17, 15) is 13.2 Å². The van der Waals surface area contributed by atoms with Crippen molar-refractivity contribution in [1.82, 2.24) is 20.2 Å². The van der Waals surface area contributed by atoms with Crippen molar-refractivity contribution in [1.29, 1.82) is 0 Å². The van der Waals surface area contributed by atoms with Crippen molar-refractivity contribution in [2.75, 3.05) is 5.73 Å². The van der Waals surface area contributed by atoms with E-state index >= 15 is 0 Å². The molecule has 0 radical (unpaired) electrons. The third-order valence-corrected chi connectivity index (χ3v) is 3.46. The number of nitrogens with zero attached hydrogens (tertiary/aromatic N) is 4. The van der Waals surface area contributed by atoms with E-state index in [1.807, 2.05) is 0 Å². The van der Waals surface area contributed by atoms with Gasteiger partial charge in [-0.1, -0.05) is 23.2 Å². The molecule has 21 heavy (non-hydrogen) atoms. The predicted molar refractivity (Wildman–Crippen MR) is 73.0 cm³/mol. The lowest BCUT2D eigenvalue weighted by atomic mass is 10.2. The van der Waals surface area contributed by atoms with Crippen molar-refractivity contribution in [3.05, 3.63) is 22.2 Å². The molecule has 0 aliphatic heterocycles. The van der Waals surface area contributed by atoms with Crippen LogP contribution in [0.2, 0.25) is 10.0 Å². The lowest BCUT2D eigenvalue weighted by Gasteiger charge is -2.09. The van der Waals surface area contributed by atoms with Gasteiger partial charge in [-0.2, -0.15) is 13.2 Å². The van der Waals surface area contributed by atoms with Crippen molar-refractivity contribution in [3.63, 3.8) is 0 Å². The zero-order chi connectivity index (χ0) is 15.6. The summed E-state index contributed by atoms with van der Waals surface area (Å²) in [7, 11) is 0. The molecule has 1 heterocycles. The smallest absolute Gasteiger partial charge is 0.389 e. The third kappa shape index (κ3) is 3.98. The minimum absolute atomic E-state index is 0.00455. The topological polar surface area (TPSA) is 69.6 Å². The second kappa shape index (κ2) is 6.07. The fourth-order valence-electron chi connectivity index (χ4n) is 1.75. The number of aryl methyl sites for hydroxylation is 1. The van der Waals surface area contributed by atoms with E-state index in [1.54, 1.807) is 0 Å². The van der Waals surface area contributed by atoms with Crippen molar-refractivity contribution in [3.8, 4) is 11.4 Å². The molecule has 0 saturated carbocycles. The van der Waals surface area contributed by atoms with Crippen LogP contribution in [0.15, 0.2) is 12.1 Å². The van der Waals surface area contributed by atoms with Crippen LogP contribution < -0.4 is 5.73 Å². The van der Waals surface area contributed by atoms with Crippen LogP contribution in [-0.4, -0.2) is 26.4 Å². The van der Waals surface area contributed by atoms with Crippen molar-refractivity contribution >= 4 is 28.9 Å². The van der Waals surface area contributed by atoms with Gasteiger partial charge in [0.1, 0.15) is 0 Å². The second-order valence-corrected chi connectivity index (χ2v) is 5.09. The van der Waals surface area contributed by atoms with Gasteiger partial charge in [0.05, 0.1) is 10.0 Å². The first-order valence-electron chi connectivity index (χ1n) is 5.86. The van der Waals surface area contributed by atoms with E-state index in [-0.39, 0.29) is 28.8 Å². The predicted octanol–water partition coefficient (Wildman–Crippen LogP) is 3.57. The van der Waals surface area contributed by atoms with Gasteiger partial charge in [0.25, 0.3) is 0 Å². The molecule has 10 heteroatoms. The summed E-state index contributed by atoms with van der Waals surface area (Å²) < 4.78 is 37.7. The van der Waals surface area contributed by atoms with E-state index in [2.05, 4.69) is 15.5 Å². The highest BCUT2D eigenvalue weighted by Gasteiger charge is 2.26. The molecule has 0 aliphatic carbocycles. The molecule has 0 fully saturated rings. The standard InChI is InChI=1S/C11H10Cl2F3N5/c12-8-5-6(17)4-7(9(8)13)10-18-19-20-21(10)3-1-2-11(14,15)16/h4-5H,1-3,17H2. The van der Waals surface area contributed by atoms with Crippen molar-refractivity contribution in [2.45, 2.75) is 25.6 Å². The number of benzene rings is 1. The van der Waals surface area contributed by atoms with E-state index < -0.39 is 12.6 Å². The number of rotatable bonds is 4. The van der Waals surface area contributed by atoms with Gasteiger partial charge in [0.15, 0.2) is 5.82 Å². The number of nitrogen functional groups attached to an aromatic ring is 1. The molecule has 0 atom stereocenters. The van der Waals surface area contributed by atoms with E-state index in [0.29, 0.717) is 11.3 Å². The normalized spacial score (nSPS) is 11.9.